The van der Waals surface area contributed by atoms with Gasteiger partial charge in [0.05, 0.1) is 6.73 Å². The predicted octanol–water partition coefficient (Wildman–Crippen LogP) is 1.47. The quantitative estimate of drug-likeness (QED) is 0.642. The summed E-state index contributed by atoms with van der Waals surface area (Å²) in [6, 6.07) is 6.47. The van der Waals surface area contributed by atoms with E-state index >= 15 is 0 Å². The Morgan fingerprint density at radius 1 is 1.44 bits per heavy atom. The first-order chi connectivity index (χ1) is 8.60. The molecule has 1 unspecified atom stereocenters. The fraction of sp³-hybridized carbons (Fsp3) is 0.462. The van der Waals surface area contributed by atoms with Gasteiger partial charge in [0.15, 0.2) is 0 Å². The first-order valence-corrected chi connectivity index (χ1v) is 6.77. The largest absolute Gasteiger partial charge is 0.381 e. The second-order valence-electron chi connectivity index (χ2n) is 4.66. The minimum atomic E-state index is 0.0133. The molecule has 0 fully saturated rings. The average molecular weight is 266 g/mol. The van der Waals surface area contributed by atoms with Crippen molar-refractivity contribution in [2.45, 2.75) is 23.8 Å². The molecule has 1 aromatic carbocycles. The number of amides is 1. The zero-order valence-corrected chi connectivity index (χ0v) is 11.5. The van der Waals surface area contributed by atoms with E-state index in [0.29, 0.717) is 6.04 Å². The Bertz CT molecular complexity index is 449. The summed E-state index contributed by atoms with van der Waals surface area (Å²) in [7, 11) is 3.51. The van der Waals surface area contributed by atoms with Crippen molar-refractivity contribution in [1.82, 2.24) is 10.2 Å². The van der Waals surface area contributed by atoms with Gasteiger partial charge in [0.2, 0.25) is 0 Å². The van der Waals surface area contributed by atoms with Crippen molar-refractivity contribution in [3.63, 3.8) is 0 Å². The number of benzene rings is 1. The Morgan fingerprint density at radius 2 is 2.17 bits per heavy atom. The molecule has 0 saturated heterocycles. The fourth-order valence-corrected chi connectivity index (χ4v) is 2.85. The van der Waals surface area contributed by atoms with Gasteiger partial charge in [0.1, 0.15) is 0 Å². The number of aliphatic hydroxyl groups excluding tert-OH is 1. The Balaban J connectivity index is 2.06. The minimum Gasteiger partial charge on any atom is -0.381 e. The fourth-order valence-electron chi connectivity index (χ4n) is 2.12. The van der Waals surface area contributed by atoms with Gasteiger partial charge in [-0.15, -0.1) is 0 Å². The molecule has 18 heavy (non-hydrogen) atoms. The van der Waals surface area contributed by atoms with Crippen molar-refractivity contribution in [3.8, 4) is 0 Å². The molecule has 0 saturated carbocycles. The van der Waals surface area contributed by atoms with Crippen LogP contribution in [0.25, 0.3) is 0 Å². The first-order valence-electron chi connectivity index (χ1n) is 5.95. The smallest absolute Gasteiger partial charge is 0.285 e. The standard InChI is InChI=1S/C13H18N2O2S/c1-15(2)13(17)18-12-4-3-9-5-11(14-8-16)6-10(9)7-12/h3-4,7,11,14,16H,5-6,8H2,1-2H3. The van der Waals surface area contributed by atoms with E-state index in [2.05, 4.69) is 17.4 Å². The van der Waals surface area contributed by atoms with Gasteiger partial charge in [-0.05, 0) is 47.9 Å². The third-order valence-corrected chi connectivity index (χ3v) is 4.09. The number of hydrogen-bond donors (Lipinski definition) is 2. The second-order valence-corrected chi connectivity index (χ2v) is 5.69. The summed E-state index contributed by atoms with van der Waals surface area (Å²) in [5.41, 5.74) is 2.58. The first kappa shape index (κ1) is 13.4. The number of aliphatic hydroxyl groups is 1. The highest BCUT2D eigenvalue weighted by molar-refractivity contribution is 8.13. The van der Waals surface area contributed by atoms with Crippen molar-refractivity contribution in [2.75, 3.05) is 20.8 Å². The molecule has 0 heterocycles. The Morgan fingerprint density at radius 3 is 2.83 bits per heavy atom. The lowest BCUT2D eigenvalue weighted by molar-refractivity contribution is 0.241. The zero-order chi connectivity index (χ0) is 13.1. The predicted molar refractivity (Wildman–Crippen MR) is 72.8 cm³/mol. The van der Waals surface area contributed by atoms with E-state index in [0.717, 1.165) is 17.7 Å². The molecule has 2 N–H and O–H groups in total. The summed E-state index contributed by atoms with van der Waals surface area (Å²) in [6.45, 7) is 0.0133. The highest BCUT2D eigenvalue weighted by Crippen LogP contribution is 2.28. The molecule has 98 valence electrons. The number of thioether (sulfide) groups is 1. The molecule has 4 nitrogen and oxygen atoms in total. The van der Waals surface area contributed by atoms with Crippen LogP contribution in [-0.2, 0) is 12.8 Å². The topological polar surface area (TPSA) is 52.6 Å². The number of carbonyl (C=O) groups excluding carboxylic acids is 1. The van der Waals surface area contributed by atoms with Gasteiger partial charge in [-0.2, -0.15) is 0 Å². The van der Waals surface area contributed by atoms with Crippen LogP contribution in [0.1, 0.15) is 11.1 Å². The van der Waals surface area contributed by atoms with Gasteiger partial charge in [-0.1, -0.05) is 6.07 Å². The van der Waals surface area contributed by atoms with E-state index in [1.165, 1.54) is 22.9 Å². The molecular formula is C13H18N2O2S. The SMILES string of the molecule is CN(C)C(=O)Sc1ccc2c(c1)CC(NCO)C2. The highest BCUT2D eigenvalue weighted by Gasteiger charge is 2.21. The third kappa shape index (κ3) is 3.04. The summed E-state index contributed by atoms with van der Waals surface area (Å²) >= 11 is 1.25. The summed E-state index contributed by atoms with van der Waals surface area (Å²) < 4.78 is 0. The van der Waals surface area contributed by atoms with Gasteiger partial charge in [0, 0.05) is 25.0 Å². The number of rotatable bonds is 3. The van der Waals surface area contributed by atoms with Crippen LogP contribution in [0.4, 0.5) is 4.79 Å². The summed E-state index contributed by atoms with van der Waals surface area (Å²) in [5.74, 6) is 0. The van der Waals surface area contributed by atoms with Gasteiger partial charge in [-0.3, -0.25) is 10.1 Å². The van der Waals surface area contributed by atoms with Crippen molar-refractivity contribution in [2.24, 2.45) is 0 Å². The van der Waals surface area contributed by atoms with E-state index in [1.807, 2.05) is 6.07 Å². The number of hydrogen-bond acceptors (Lipinski definition) is 4. The summed E-state index contributed by atoms with van der Waals surface area (Å²) in [6.07, 6.45) is 1.86. The number of fused-ring (bicyclic) bond motifs is 1. The lowest BCUT2D eigenvalue weighted by Crippen LogP contribution is -2.30. The summed E-state index contributed by atoms with van der Waals surface area (Å²) in [5, 5.41) is 12.0. The van der Waals surface area contributed by atoms with Crippen LogP contribution in [0.5, 0.6) is 0 Å². The number of carbonyl (C=O) groups is 1. The molecule has 1 aromatic rings. The molecule has 2 rings (SSSR count). The van der Waals surface area contributed by atoms with Crippen molar-refractivity contribution in [3.05, 3.63) is 29.3 Å². The van der Waals surface area contributed by atoms with Crippen molar-refractivity contribution < 1.29 is 9.90 Å². The van der Waals surface area contributed by atoms with E-state index in [1.54, 1.807) is 19.0 Å². The maximum atomic E-state index is 11.6. The second kappa shape index (κ2) is 5.73. The van der Waals surface area contributed by atoms with Gasteiger partial charge < -0.3 is 10.0 Å². The molecule has 1 aliphatic rings. The molecule has 0 aromatic heterocycles. The van der Waals surface area contributed by atoms with Crippen molar-refractivity contribution in [1.29, 1.82) is 0 Å². The third-order valence-electron chi connectivity index (χ3n) is 3.06. The molecule has 5 heteroatoms. The summed E-state index contributed by atoms with van der Waals surface area (Å²) in [4.78, 5) is 14.2. The van der Waals surface area contributed by atoms with Gasteiger partial charge in [-0.25, -0.2) is 0 Å². The van der Waals surface area contributed by atoms with Crippen LogP contribution in [0.15, 0.2) is 23.1 Å². The normalized spacial score (nSPS) is 17.6. The van der Waals surface area contributed by atoms with Crippen LogP contribution in [0.3, 0.4) is 0 Å². The molecule has 1 atom stereocenters. The van der Waals surface area contributed by atoms with Crippen LogP contribution in [0.2, 0.25) is 0 Å². The molecule has 1 aliphatic carbocycles. The molecular weight excluding hydrogens is 248 g/mol. The maximum absolute atomic E-state index is 11.6. The van der Waals surface area contributed by atoms with E-state index in [9.17, 15) is 4.79 Å². The molecule has 1 amide bonds. The highest BCUT2D eigenvalue weighted by atomic mass is 32.2. The molecule has 0 spiro atoms. The maximum Gasteiger partial charge on any atom is 0.285 e. The average Bonchev–Trinajstić information content (AvgIpc) is 2.71. The Kier molecular flexibility index (Phi) is 4.27. The Hall–Kier alpha value is -1.04. The number of nitrogens with zero attached hydrogens (tertiary/aromatic N) is 1. The van der Waals surface area contributed by atoms with E-state index < -0.39 is 0 Å². The lowest BCUT2D eigenvalue weighted by atomic mass is 10.1. The van der Waals surface area contributed by atoms with Crippen LogP contribution in [-0.4, -0.2) is 42.1 Å². The minimum absolute atomic E-state index is 0.0133. The van der Waals surface area contributed by atoms with Gasteiger partial charge in [0.25, 0.3) is 5.24 Å². The van der Waals surface area contributed by atoms with E-state index in [-0.39, 0.29) is 12.0 Å². The number of nitrogens with one attached hydrogen (secondary N) is 1. The monoisotopic (exact) mass is 266 g/mol. The Labute approximate surface area is 111 Å². The van der Waals surface area contributed by atoms with Gasteiger partial charge >= 0.3 is 0 Å². The lowest BCUT2D eigenvalue weighted by Gasteiger charge is -2.09. The zero-order valence-electron chi connectivity index (χ0n) is 10.6. The van der Waals surface area contributed by atoms with Crippen LogP contribution < -0.4 is 5.32 Å². The van der Waals surface area contributed by atoms with E-state index in [4.69, 9.17) is 5.11 Å². The van der Waals surface area contributed by atoms with Crippen LogP contribution >= 0.6 is 11.8 Å². The molecule has 0 aliphatic heterocycles. The molecule has 0 bridgehead atoms. The van der Waals surface area contributed by atoms with Crippen LogP contribution in [0, 0.1) is 0 Å². The molecule has 0 radical (unpaired) electrons. The van der Waals surface area contributed by atoms with Crippen molar-refractivity contribution >= 4 is 17.0 Å².